The Bertz CT molecular complexity index is 811. The van der Waals surface area contributed by atoms with Crippen LogP contribution in [0.25, 0.3) is 0 Å². The lowest BCUT2D eigenvalue weighted by molar-refractivity contribution is -0.177. The van der Waals surface area contributed by atoms with Crippen LogP contribution >= 0.6 is 23.2 Å². The Kier molecular flexibility index (Phi) is 6.91. The first kappa shape index (κ1) is 19.9. The highest BCUT2D eigenvalue weighted by Crippen LogP contribution is 2.25. The molecule has 2 aromatic carbocycles. The fourth-order valence-corrected chi connectivity index (χ4v) is 3.50. The van der Waals surface area contributed by atoms with Gasteiger partial charge in [-0.2, -0.15) is 0 Å². The minimum absolute atomic E-state index is 0.0522. The van der Waals surface area contributed by atoms with E-state index in [4.69, 9.17) is 23.2 Å². The first-order valence-corrected chi connectivity index (χ1v) is 9.67. The monoisotopic (exact) mass is 404 g/mol. The molecule has 1 aliphatic rings. The van der Waals surface area contributed by atoms with E-state index in [0.717, 1.165) is 30.1 Å². The van der Waals surface area contributed by atoms with Gasteiger partial charge in [0.1, 0.15) is 0 Å². The van der Waals surface area contributed by atoms with Crippen molar-refractivity contribution in [3.05, 3.63) is 81.9 Å². The maximum absolute atomic E-state index is 12.7. The average molecular weight is 405 g/mol. The van der Waals surface area contributed by atoms with Crippen molar-refractivity contribution in [2.45, 2.75) is 18.9 Å². The Balaban J connectivity index is 1.76. The van der Waals surface area contributed by atoms with Crippen LogP contribution in [0.4, 0.5) is 0 Å². The van der Waals surface area contributed by atoms with Crippen molar-refractivity contribution in [2.75, 3.05) is 19.6 Å². The molecular weight excluding hydrogens is 383 g/mol. The Labute approximate surface area is 169 Å². The molecule has 1 N–H and O–H groups in total. The van der Waals surface area contributed by atoms with Crippen LogP contribution in [0.5, 0.6) is 0 Å². The lowest BCUT2D eigenvalue weighted by Crippen LogP contribution is -2.41. The van der Waals surface area contributed by atoms with Crippen LogP contribution in [0, 0.1) is 0 Å². The van der Waals surface area contributed by atoms with Gasteiger partial charge in [-0.3, -0.25) is 14.9 Å². The molecule has 0 saturated heterocycles. The van der Waals surface area contributed by atoms with E-state index in [1.807, 2.05) is 30.3 Å². The Morgan fingerprint density at radius 3 is 2.56 bits per heavy atom. The zero-order chi connectivity index (χ0) is 19.2. The van der Waals surface area contributed by atoms with Crippen LogP contribution in [0.15, 0.2) is 60.7 Å². The zero-order valence-electron chi connectivity index (χ0n) is 14.9. The molecule has 1 aliphatic heterocycles. The van der Waals surface area contributed by atoms with Gasteiger partial charge in [-0.25, -0.2) is 5.06 Å². The summed E-state index contributed by atoms with van der Waals surface area (Å²) in [6.07, 6.45) is 5.30. The molecule has 0 fully saturated rings. The lowest BCUT2D eigenvalue weighted by atomic mass is 10.0. The number of hydrogen-bond donors (Lipinski definition) is 1. The second-order valence-electron chi connectivity index (χ2n) is 6.61. The molecule has 1 amide bonds. The summed E-state index contributed by atoms with van der Waals surface area (Å²) in [6.45, 7) is 2.30. The van der Waals surface area contributed by atoms with Crippen molar-refractivity contribution in [3.63, 3.8) is 0 Å². The summed E-state index contributed by atoms with van der Waals surface area (Å²) in [5, 5.41) is 12.4. The van der Waals surface area contributed by atoms with Crippen LogP contribution in [0.2, 0.25) is 10.0 Å². The van der Waals surface area contributed by atoms with E-state index in [1.54, 1.807) is 18.2 Å². The molecular formula is C21H22Cl2N2O2. The Morgan fingerprint density at radius 1 is 1.11 bits per heavy atom. The molecule has 6 heteroatoms. The van der Waals surface area contributed by atoms with Crippen LogP contribution in [-0.2, 0) is 11.2 Å². The predicted octanol–water partition coefficient (Wildman–Crippen LogP) is 4.76. The second-order valence-corrected chi connectivity index (χ2v) is 7.42. The number of rotatable bonds is 6. The van der Waals surface area contributed by atoms with Gasteiger partial charge in [0, 0.05) is 19.6 Å². The third kappa shape index (κ3) is 5.33. The van der Waals surface area contributed by atoms with E-state index in [2.05, 4.69) is 17.1 Å². The van der Waals surface area contributed by atoms with E-state index < -0.39 is 6.04 Å². The van der Waals surface area contributed by atoms with Gasteiger partial charge in [0.05, 0.1) is 22.5 Å². The fraction of sp³-hybridized carbons (Fsp3) is 0.286. The van der Waals surface area contributed by atoms with Crippen LogP contribution in [0.3, 0.4) is 0 Å². The van der Waals surface area contributed by atoms with E-state index >= 15 is 0 Å². The van der Waals surface area contributed by atoms with Gasteiger partial charge in [0.25, 0.3) is 5.91 Å². The number of benzene rings is 2. The molecule has 1 heterocycles. The van der Waals surface area contributed by atoms with Gasteiger partial charge < -0.3 is 0 Å². The van der Waals surface area contributed by atoms with Crippen LogP contribution < -0.4 is 0 Å². The summed E-state index contributed by atoms with van der Waals surface area (Å²) in [7, 11) is 0. The average Bonchev–Trinajstić information content (AvgIpc) is 2.70. The number of hydrogen-bond acceptors (Lipinski definition) is 3. The smallest absolute Gasteiger partial charge is 0.250 e. The quantitative estimate of drug-likeness (QED) is 0.428. The molecule has 0 spiro atoms. The maximum Gasteiger partial charge on any atom is 0.250 e. The first-order valence-electron chi connectivity index (χ1n) is 8.92. The van der Waals surface area contributed by atoms with Crippen molar-refractivity contribution >= 4 is 29.1 Å². The summed E-state index contributed by atoms with van der Waals surface area (Å²) in [6, 6.07) is 14.2. The van der Waals surface area contributed by atoms with Crippen molar-refractivity contribution in [2.24, 2.45) is 0 Å². The van der Waals surface area contributed by atoms with E-state index in [0.29, 0.717) is 22.2 Å². The molecule has 3 rings (SSSR count). The number of amides is 1. The number of carbonyl (C=O) groups excluding carboxylic acids is 1. The third-order valence-corrected chi connectivity index (χ3v) is 5.39. The molecule has 0 saturated carbocycles. The number of nitrogens with zero attached hydrogens (tertiary/aromatic N) is 2. The molecule has 0 bridgehead atoms. The predicted molar refractivity (Wildman–Crippen MR) is 108 cm³/mol. The van der Waals surface area contributed by atoms with Crippen molar-refractivity contribution in [1.29, 1.82) is 0 Å². The number of carbonyl (C=O) groups is 1. The molecule has 4 nitrogen and oxygen atoms in total. The van der Waals surface area contributed by atoms with E-state index in [1.165, 1.54) is 0 Å². The Hall–Kier alpha value is -1.85. The molecule has 0 unspecified atom stereocenters. The van der Waals surface area contributed by atoms with E-state index in [-0.39, 0.29) is 12.3 Å². The molecule has 27 heavy (non-hydrogen) atoms. The van der Waals surface area contributed by atoms with Gasteiger partial charge in [-0.1, -0.05) is 71.8 Å². The summed E-state index contributed by atoms with van der Waals surface area (Å²) >= 11 is 12.0. The van der Waals surface area contributed by atoms with Gasteiger partial charge in [-0.05, 0) is 29.7 Å². The van der Waals surface area contributed by atoms with Gasteiger partial charge in [0.2, 0.25) is 0 Å². The van der Waals surface area contributed by atoms with Gasteiger partial charge >= 0.3 is 0 Å². The highest BCUT2D eigenvalue weighted by atomic mass is 35.5. The molecule has 0 radical (unpaired) electrons. The standard InChI is InChI=1S/C21H22Cl2N2O2/c22-18-10-9-16(13-19(18)23)14-21(26)25(27)20(17-7-3-1-4-8-17)15-24-11-5-2-6-12-24/h1-5,7-10,13,20,27H,6,11-12,14-15H2/t20-/m1/s1. The van der Waals surface area contributed by atoms with Gasteiger partial charge in [0.15, 0.2) is 0 Å². The van der Waals surface area contributed by atoms with E-state index in [9.17, 15) is 10.0 Å². The second kappa shape index (κ2) is 9.38. The molecule has 142 valence electrons. The fourth-order valence-electron chi connectivity index (χ4n) is 3.18. The highest BCUT2D eigenvalue weighted by Gasteiger charge is 2.26. The third-order valence-electron chi connectivity index (χ3n) is 4.65. The highest BCUT2D eigenvalue weighted by molar-refractivity contribution is 6.42. The molecule has 1 atom stereocenters. The Morgan fingerprint density at radius 2 is 1.89 bits per heavy atom. The normalized spacial score (nSPS) is 15.5. The minimum Gasteiger partial charge on any atom is -0.297 e. The molecule has 0 aromatic heterocycles. The van der Waals surface area contributed by atoms with Crippen molar-refractivity contribution in [1.82, 2.24) is 9.96 Å². The van der Waals surface area contributed by atoms with Crippen molar-refractivity contribution < 1.29 is 10.0 Å². The van der Waals surface area contributed by atoms with Crippen molar-refractivity contribution in [3.8, 4) is 0 Å². The summed E-state index contributed by atoms with van der Waals surface area (Å²) in [4.78, 5) is 15.0. The summed E-state index contributed by atoms with van der Waals surface area (Å²) in [5.74, 6) is -0.380. The maximum atomic E-state index is 12.7. The lowest BCUT2D eigenvalue weighted by Gasteiger charge is -2.32. The summed E-state index contributed by atoms with van der Waals surface area (Å²) in [5.41, 5.74) is 1.61. The molecule has 2 aromatic rings. The number of hydroxylamine groups is 2. The summed E-state index contributed by atoms with van der Waals surface area (Å²) < 4.78 is 0. The van der Waals surface area contributed by atoms with Gasteiger partial charge in [-0.15, -0.1) is 0 Å². The SMILES string of the molecule is O=C(Cc1ccc(Cl)c(Cl)c1)N(O)[C@H](CN1CC=CCC1)c1ccccc1. The minimum atomic E-state index is -0.437. The topological polar surface area (TPSA) is 43.8 Å². The first-order chi connectivity index (χ1) is 13.0. The van der Waals surface area contributed by atoms with Crippen LogP contribution in [-0.4, -0.2) is 40.7 Å². The number of halogens is 2. The zero-order valence-corrected chi connectivity index (χ0v) is 16.4. The van der Waals surface area contributed by atoms with Crippen LogP contribution in [0.1, 0.15) is 23.6 Å². The molecule has 0 aliphatic carbocycles. The largest absolute Gasteiger partial charge is 0.297 e.